The molecule has 0 aliphatic carbocycles. The number of benzene rings is 4. The Labute approximate surface area is 389 Å². The van der Waals surface area contributed by atoms with Gasteiger partial charge in [-0.15, -0.1) is 0 Å². The number of fused-ring (bicyclic) bond motifs is 3. The van der Waals surface area contributed by atoms with Crippen LogP contribution in [0.5, 0.6) is 0 Å². The summed E-state index contributed by atoms with van der Waals surface area (Å²) in [5.41, 5.74) is 4.40. The topological polar surface area (TPSA) is 146 Å². The molecule has 6 rings (SSSR count). The average molecular weight is 909 g/mol. The summed E-state index contributed by atoms with van der Waals surface area (Å²) in [5, 5.41) is 13.7. The number of rotatable bonds is 34. The lowest BCUT2D eigenvalue weighted by Crippen LogP contribution is -2.38. The average Bonchev–Trinajstić information content (AvgIpc) is 3.70. The van der Waals surface area contributed by atoms with Gasteiger partial charge in [-0.2, -0.15) is 0 Å². The van der Waals surface area contributed by atoms with Crippen molar-refractivity contribution in [3.05, 3.63) is 138 Å². The normalized spacial score (nSPS) is 12.1. The number of imidazole rings is 1. The van der Waals surface area contributed by atoms with Crippen molar-refractivity contribution in [1.29, 1.82) is 0 Å². The molecule has 2 heterocycles. The first kappa shape index (κ1) is 50.6. The second kappa shape index (κ2) is 27.7. The molecule has 356 valence electrons. The second-order valence-corrected chi connectivity index (χ2v) is 16.0. The maximum absolute atomic E-state index is 8.67. The second-order valence-electron chi connectivity index (χ2n) is 16.0. The van der Waals surface area contributed by atoms with Gasteiger partial charge in [-0.05, 0) is 43.5 Å². The zero-order chi connectivity index (χ0) is 46.1. The van der Waals surface area contributed by atoms with Crippen molar-refractivity contribution >= 4 is 27.8 Å². The molecule has 0 saturated heterocycles. The molecule has 2 N–H and O–H groups in total. The highest BCUT2D eigenvalue weighted by molar-refractivity contribution is 6.07. The van der Waals surface area contributed by atoms with Crippen molar-refractivity contribution in [2.24, 2.45) is 0 Å². The van der Waals surface area contributed by atoms with E-state index in [0.717, 1.165) is 44.5 Å². The molecule has 0 spiro atoms. The van der Waals surface area contributed by atoms with Gasteiger partial charge in [-0.3, -0.25) is 0 Å². The molecule has 0 saturated carbocycles. The minimum atomic E-state index is -0.806. The zero-order valence-electron chi connectivity index (χ0n) is 38.9. The highest BCUT2D eigenvalue weighted by atomic mass is 16.6. The molecule has 66 heavy (non-hydrogen) atoms. The number of aliphatic hydroxyl groups is 1. The molecule has 0 amide bonds. The predicted octanol–water partition coefficient (Wildman–Crippen LogP) is 7.43. The Hall–Kier alpha value is -4.84. The molecule has 0 fully saturated rings. The van der Waals surface area contributed by atoms with Crippen LogP contribution in [-0.2, 0) is 61.3 Å². The number of aromatic nitrogens is 3. The largest absolute Gasteiger partial charge is 0.394 e. The van der Waals surface area contributed by atoms with E-state index in [2.05, 4.69) is 109 Å². The Balaban J connectivity index is 1.02. The van der Waals surface area contributed by atoms with Crippen LogP contribution in [-0.4, -0.2) is 138 Å². The lowest BCUT2D eigenvalue weighted by molar-refractivity contribution is -0.0621. The van der Waals surface area contributed by atoms with Crippen LogP contribution >= 0.6 is 0 Å². The summed E-state index contributed by atoms with van der Waals surface area (Å²) < 4.78 is 53.5. The van der Waals surface area contributed by atoms with Crippen molar-refractivity contribution in [3.63, 3.8) is 0 Å². The third-order valence-corrected chi connectivity index (χ3v) is 10.8. The molecule has 0 atom stereocenters. The fourth-order valence-electron chi connectivity index (χ4n) is 7.69. The highest BCUT2D eigenvalue weighted by Gasteiger charge is 2.38. The van der Waals surface area contributed by atoms with E-state index in [4.69, 9.17) is 57.7 Å². The van der Waals surface area contributed by atoms with E-state index in [9.17, 15) is 0 Å². The molecule has 0 aliphatic rings. The molecule has 0 bridgehead atoms. The molecule has 0 aliphatic heterocycles. The number of aliphatic hydroxyl groups excluding tert-OH is 1. The van der Waals surface area contributed by atoms with Crippen LogP contribution < -0.4 is 5.32 Å². The van der Waals surface area contributed by atoms with E-state index < -0.39 is 11.1 Å². The van der Waals surface area contributed by atoms with E-state index in [1.807, 2.05) is 37.3 Å². The van der Waals surface area contributed by atoms with Crippen LogP contribution in [0.3, 0.4) is 0 Å². The molecule has 4 aromatic carbocycles. The Morgan fingerprint density at radius 1 is 0.515 bits per heavy atom. The predicted molar refractivity (Wildman–Crippen MR) is 256 cm³/mol. The van der Waals surface area contributed by atoms with Crippen molar-refractivity contribution < 1.29 is 47.7 Å². The smallest absolute Gasteiger partial charge is 0.156 e. The maximum Gasteiger partial charge on any atom is 0.156 e. The quantitative estimate of drug-likeness (QED) is 0.0306. The van der Waals surface area contributed by atoms with Crippen molar-refractivity contribution in [1.82, 2.24) is 14.5 Å². The van der Waals surface area contributed by atoms with E-state index >= 15 is 0 Å². The fraction of sp³-hybridized carbons (Fsp3) is 0.462. The zero-order valence-corrected chi connectivity index (χ0v) is 38.9. The number of nitrogens with one attached hydrogen (secondary N) is 1. The van der Waals surface area contributed by atoms with E-state index in [1.54, 1.807) is 0 Å². The van der Waals surface area contributed by atoms with Gasteiger partial charge in [0.05, 0.1) is 129 Å². The van der Waals surface area contributed by atoms with Crippen LogP contribution in [0.15, 0.2) is 115 Å². The van der Waals surface area contributed by atoms with Crippen LogP contribution in [0.4, 0.5) is 5.82 Å². The van der Waals surface area contributed by atoms with Gasteiger partial charge < -0.3 is 57.6 Å². The summed E-state index contributed by atoms with van der Waals surface area (Å²) in [6.45, 7) is 14.5. The first-order valence-corrected chi connectivity index (χ1v) is 23.1. The molecular formula is C52H68N4O10. The van der Waals surface area contributed by atoms with Gasteiger partial charge >= 0.3 is 0 Å². The van der Waals surface area contributed by atoms with Crippen molar-refractivity contribution in [3.8, 4) is 0 Å². The van der Waals surface area contributed by atoms with Crippen LogP contribution in [0, 0.1) is 0 Å². The summed E-state index contributed by atoms with van der Waals surface area (Å²) in [6, 6.07) is 39.8. The monoisotopic (exact) mass is 908 g/mol. The third-order valence-electron chi connectivity index (χ3n) is 10.8. The van der Waals surface area contributed by atoms with E-state index in [-0.39, 0.29) is 6.61 Å². The highest BCUT2D eigenvalue weighted by Crippen LogP contribution is 2.42. The maximum atomic E-state index is 8.67. The third kappa shape index (κ3) is 14.8. The summed E-state index contributed by atoms with van der Waals surface area (Å²) in [4.78, 5) is 10.7. The minimum Gasteiger partial charge on any atom is -0.394 e. The van der Waals surface area contributed by atoms with Gasteiger partial charge in [0.15, 0.2) is 5.82 Å². The molecule has 6 aromatic rings. The van der Waals surface area contributed by atoms with Crippen LogP contribution in [0.2, 0.25) is 0 Å². The van der Waals surface area contributed by atoms with E-state index in [1.165, 1.54) is 0 Å². The van der Waals surface area contributed by atoms with Gasteiger partial charge in [-0.1, -0.05) is 109 Å². The van der Waals surface area contributed by atoms with Gasteiger partial charge in [0, 0.05) is 12.0 Å². The van der Waals surface area contributed by atoms with Crippen molar-refractivity contribution in [2.45, 2.75) is 45.1 Å². The number of ether oxygens (including phenoxy) is 9. The van der Waals surface area contributed by atoms with Gasteiger partial charge in [0.1, 0.15) is 23.5 Å². The number of nitrogens with zero attached hydrogens (tertiary/aromatic N) is 3. The Morgan fingerprint density at radius 2 is 0.939 bits per heavy atom. The summed E-state index contributed by atoms with van der Waals surface area (Å²) >= 11 is 0. The summed E-state index contributed by atoms with van der Waals surface area (Å²) in [5.74, 6) is 1.46. The number of anilines is 1. The lowest BCUT2D eigenvalue weighted by Gasteiger charge is -2.37. The lowest BCUT2D eigenvalue weighted by atomic mass is 9.77. The fourth-order valence-corrected chi connectivity index (χ4v) is 7.69. The number of hydrogen-bond donors (Lipinski definition) is 2. The Morgan fingerprint density at radius 3 is 1.39 bits per heavy atom. The molecule has 0 unspecified atom stereocenters. The molecule has 2 aromatic heterocycles. The van der Waals surface area contributed by atoms with Gasteiger partial charge in [-0.25, -0.2) is 9.97 Å². The summed E-state index contributed by atoms with van der Waals surface area (Å²) in [6.07, 6.45) is 0. The van der Waals surface area contributed by atoms with Crippen LogP contribution in [0.1, 0.15) is 43.3 Å². The molecule has 14 heteroatoms. The summed E-state index contributed by atoms with van der Waals surface area (Å²) in [7, 11) is 0. The minimum absolute atomic E-state index is 0.0170. The molecule has 0 radical (unpaired) electrons. The Kier molecular flexibility index (Phi) is 21.2. The van der Waals surface area contributed by atoms with Crippen LogP contribution in [0.25, 0.3) is 21.9 Å². The molecule has 14 nitrogen and oxygen atoms in total. The first-order valence-electron chi connectivity index (χ1n) is 23.1. The number of para-hydroxylation sites is 1. The number of pyridine rings is 1. The van der Waals surface area contributed by atoms with E-state index in [0.29, 0.717) is 125 Å². The SMILES string of the molecule is CCOCc1nc2c(NC(c3ccccc3)(c3ccccc3)c3ccccc3)nc3ccccc3c2n1CC(C)(C)OCCOCCOCCOCCOCCOCCOCCOCCO. The van der Waals surface area contributed by atoms with Gasteiger partial charge in [0.2, 0.25) is 0 Å². The Bertz CT molecular complexity index is 2150. The van der Waals surface area contributed by atoms with Crippen molar-refractivity contribution in [2.75, 3.05) is 118 Å². The molecular weight excluding hydrogens is 841 g/mol. The first-order chi connectivity index (χ1) is 32.5. The standard InChI is InChI=1S/C52H68N4O10/c1-4-58-40-47-54-48-49(56(47)41-51(2,3)66-39-38-65-37-36-64-35-34-63-33-32-62-31-30-61-29-28-60-27-26-59-25-24-57)45-22-14-15-23-46(45)53-50(48)55-52(42-16-8-5-9-17-42,43-18-10-6-11-19-43)44-20-12-7-13-21-44/h5-23,57H,4,24-41H2,1-3H3,(H,53,55). The number of hydrogen-bond acceptors (Lipinski definition) is 13. The van der Waals surface area contributed by atoms with Gasteiger partial charge in [0.25, 0.3) is 0 Å².